The average Bonchev–Trinajstić information content (AvgIpc) is 2.58. The summed E-state index contributed by atoms with van der Waals surface area (Å²) < 4.78 is 10.2. The van der Waals surface area contributed by atoms with E-state index in [1.165, 1.54) is 0 Å². The number of amides is 1. The predicted octanol–water partition coefficient (Wildman–Crippen LogP) is 1.82. The number of nitrogens with one attached hydrogen (secondary N) is 1. The minimum atomic E-state index is -0.222. The maximum absolute atomic E-state index is 11.7. The molecule has 0 aliphatic carbocycles. The lowest BCUT2D eigenvalue weighted by atomic mass is 10.3. The van der Waals surface area contributed by atoms with Crippen LogP contribution in [0, 0.1) is 13.8 Å². The van der Waals surface area contributed by atoms with E-state index in [0.29, 0.717) is 30.5 Å². The first-order valence-electron chi connectivity index (χ1n) is 5.39. The molecule has 0 saturated carbocycles. The third-order valence-electron chi connectivity index (χ3n) is 2.20. The summed E-state index contributed by atoms with van der Waals surface area (Å²) in [6.07, 6.45) is 0.797. The normalized spacial score (nSPS) is 12.5. The Morgan fingerprint density at radius 1 is 1.59 bits per heavy atom. The zero-order valence-electron chi connectivity index (χ0n) is 10.2. The van der Waals surface area contributed by atoms with Gasteiger partial charge in [0.1, 0.15) is 0 Å². The first-order valence-corrected chi connectivity index (χ1v) is 6.31. The number of aryl methyl sites for hydroxylation is 2. The number of aromatic nitrogens is 1. The van der Waals surface area contributed by atoms with Gasteiger partial charge in [0.25, 0.3) is 5.91 Å². The Morgan fingerprint density at radius 2 is 2.29 bits per heavy atom. The van der Waals surface area contributed by atoms with Gasteiger partial charge in [-0.2, -0.15) is 0 Å². The van der Waals surface area contributed by atoms with Gasteiger partial charge in [-0.05, 0) is 13.3 Å². The molecule has 5 nitrogen and oxygen atoms in total. The van der Waals surface area contributed by atoms with Gasteiger partial charge in [-0.25, -0.2) is 4.98 Å². The maximum atomic E-state index is 11.7. The number of rotatable bonds is 6. The lowest BCUT2D eigenvalue weighted by molar-refractivity contribution is 0.0922. The van der Waals surface area contributed by atoms with Crippen molar-refractivity contribution < 1.29 is 13.9 Å². The second kappa shape index (κ2) is 6.76. The van der Waals surface area contributed by atoms with Crippen LogP contribution in [0.5, 0.6) is 0 Å². The summed E-state index contributed by atoms with van der Waals surface area (Å²) in [5.41, 5.74) is 0.618. The summed E-state index contributed by atoms with van der Waals surface area (Å²) in [5, 5.41) is 2.78. The first kappa shape index (κ1) is 14.2. The Bertz CT molecular complexity index is 379. The van der Waals surface area contributed by atoms with E-state index < -0.39 is 0 Å². The molecular weight excluding hydrogens is 288 g/mol. The van der Waals surface area contributed by atoms with Crippen LogP contribution in [0.3, 0.4) is 0 Å². The zero-order valence-corrected chi connectivity index (χ0v) is 11.8. The van der Waals surface area contributed by atoms with Gasteiger partial charge in [-0.3, -0.25) is 4.79 Å². The number of carbonyl (C=O) groups is 1. The van der Waals surface area contributed by atoms with Crippen LogP contribution in [-0.4, -0.2) is 36.0 Å². The van der Waals surface area contributed by atoms with E-state index in [1.54, 1.807) is 21.0 Å². The smallest absolute Gasteiger partial charge is 0.289 e. The summed E-state index contributed by atoms with van der Waals surface area (Å²) in [6, 6.07) is 0. The standard InChI is InChI=1S/C11H17BrN2O3/c1-7-10(17-8(2)14-7)11(15)13-5-4-9(12)6-16-3/h9H,4-6H2,1-3H3,(H,13,15). The van der Waals surface area contributed by atoms with Crippen molar-refractivity contribution in [3.63, 3.8) is 0 Å². The monoisotopic (exact) mass is 304 g/mol. The number of oxazole rings is 1. The van der Waals surface area contributed by atoms with Gasteiger partial charge < -0.3 is 14.5 Å². The molecule has 1 aromatic rings. The molecule has 0 spiro atoms. The van der Waals surface area contributed by atoms with E-state index in [9.17, 15) is 4.79 Å². The average molecular weight is 305 g/mol. The summed E-state index contributed by atoms with van der Waals surface area (Å²) >= 11 is 3.45. The highest BCUT2D eigenvalue weighted by molar-refractivity contribution is 9.09. The second-order valence-electron chi connectivity index (χ2n) is 3.74. The number of carbonyl (C=O) groups excluding carboxylic acids is 1. The van der Waals surface area contributed by atoms with E-state index in [0.717, 1.165) is 6.42 Å². The molecule has 1 amide bonds. The van der Waals surface area contributed by atoms with Crippen molar-refractivity contribution in [2.75, 3.05) is 20.3 Å². The van der Waals surface area contributed by atoms with Gasteiger partial charge in [0.05, 0.1) is 12.3 Å². The van der Waals surface area contributed by atoms with E-state index in [2.05, 4.69) is 26.2 Å². The molecular formula is C11H17BrN2O3. The van der Waals surface area contributed by atoms with E-state index in [4.69, 9.17) is 9.15 Å². The molecule has 96 valence electrons. The van der Waals surface area contributed by atoms with Crippen LogP contribution >= 0.6 is 15.9 Å². The molecule has 1 atom stereocenters. The fraction of sp³-hybridized carbons (Fsp3) is 0.636. The Kier molecular flexibility index (Phi) is 5.64. The summed E-state index contributed by atoms with van der Waals surface area (Å²) in [4.78, 5) is 16.0. The van der Waals surface area contributed by atoms with Crippen LogP contribution in [0.15, 0.2) is 4.42 Å². The number of ether oxygens (including phenoxy) is 1. The van der Waals surface area contributed by atoms with Gasteiger partial charge in [0.2, 0.25) is 5.76 Å². The molecule has 0 bridgehead atoms. The van der Waals surface area contributed by atoms with Crippen LogP contribution in [0.1, 0.15) is 28.6 Å². The summed E-state index contributed by atoms with van der Waals surface area (Å²) in [7, 11) is 1.65. The fourth-order valence-electron chi connectivity index (χ4n) is 1.43. The van der Waals surface area contributed by atoms with Crippen LogP contribution < -0.4 is 5.32 Å². The van der Waals surface area contributed by atoms with Crippen molar-refractivity contribution >= 4 is 21.8 Å². The molecule has 0 radical (unpaired) electrons. The molecule has 17 heavy (non-hydrogen) atoms. The highest BCUT2D eigenvalue weighted by Gasteiger charge is 2.15. The van der Waals surface area contributed by atoms with Crippen LogP contribution in [-0.2, 0) is 4.74 Å². The van der Waals surface area contributed by atoms with Crippen LogP contribution in [0.2, 0.25) is 0 Å². The quantitative estimate of drug-likeness (QED) is 0.814. The maximum Gasteiger partial charge on any atom is 0.289 e. The molecule has 0 fully saturated rings. The molecule has 1 heterocycles. The Morgan fingerprint density at radius 3 is 2.82 bits per heavy atom. The zero-order chi connectivity index (χ0) is 12.8. The first-order chi connectivity index (χ1) is 8.04. The lowest BCUT2D eigenvalue weighted by Crippen LogP contribution is -2.27. The Hall–Kier alpha value is -0.880. The molecule has 1 N–H and O–H groups in total. The van der Waals surface area contributed by atoms with Gasteiger partial charge >= 0.3 is 0 Å². The molecule has 6 heteroatoms. The largest absolute Gasteiger partial charge is 0.436 e. The molecule has 1 rings (SSSR count). The molecule has 1 aromatic heterocycles. The molecule has 0 aromatic carbocycles. The van der Waals surface area contributed by atoms with Gasteiger partial charge in [-0.15, -0.1) is 0 Å². The van der Waals surface area contributed by atoms with Crippen molar-refractivity contribution in [2.24, 2.45) is 0 Å². The molecule has 0 saturated heterocycles. The number of halogens is 1. The minimum Gasteiger partial charge on any atom is -0.436 e. The predicted molar refractivity (Wildman–Crippen MR) is 67.5 cm³/mol. The molecule has 0 aliphatic rings. The van der Waals surface area contributed by atoms with E-state index >= 15 is 0 Å². The summed E-state index contributed by atoms with van der Waals surface area (Å²) in [6.45, 7) is 4.66. The second-order valence-corrected chi connectivity index (χ2v) is 5.04. The lowest BCUT2D eigenvalue weighted by Gasteiger charge is -2.08. The highest BCUT2D eigenvalue weighted by atomic mass is 79.9. The van der Waals surface area contributed by atoms with E-state index in [1.807, 2.05) is 0 Å². The van der Waals surface area contributed by atoms with Gasteiger partial charge in [-0.1, -0.05) is 15.9 Å². The number of hydrogen-bond acceptors (Lipinski definition) is 4. The van der Waals surface area contributed by atoms with E-state index in [-0.39, 0.29) is 10.7 Å². The minimum absolute atomic E-state index is 0.222. The number of methoxy groups -OCH3 is 1. The highest BCUT2D eigenvalue weighted by Crippen LogP contribution is 2.09. The van der Waals surface area contributed by atoms with Gasteiger partial charge in [0.15, 0.2) is 5.89 Å². The van der Waals surface area contributed by atoms with Crippen LogP contribution in [0.25, 0.3) is 0 Å². The molecule has 0 aliphatic heterocycles. The third kappa shape index (κ3) is 4.47. The number of nitrogens with zero attached hydrogens (tertiary/aromatic N) is 1. The topological polar surface area (TPSA) is 64.4 Å². The van der Waals surface area contributed by atoms with Crippen LogP contribution in [0.4, 0.5) is 0 Å². The SMILES string of the molecule is COCC(Br)CCNC(=O)c1oc(C)nc1C. The van der Waals surface area contributed by atoms with Crippen molar-refractivity contribution in [3.8, 4) is 0 Å². The Labute approximate surface area is 109 Å². The van der Waals surface area contributed by atoms with Crippen molar-refractivity contribution in [1.82, 2.24) is 10.3 Å². The number of hydrogen-bond donors (Lipinski definition) is 1. The third-order valence-corrected chi connectivity index (χ3v) is 2.92. The van der Waals surface area contributed by atoms with Crippen molar-refractivity contribution in [1.29, 1.82) is 0 Å². The Balaban J connectivity index is 2.37. The van der Waals surface area contributed by atoms with Gasteiger partial charge in [0, 0.05) is 25.4 Å². The van der Waals surface area contributed by atoms with Crippen molar-refractivity contribution in [3.05, 3.63) is 17.3 Å². The number of alkyl halides is 1. The fourth-order valence-corrected chi connectivity index (χ4v) is 1.92. The molecule has 1 unspecified atom stereocenters. The summed E-state index contributed by atoms with van der Waals surface area (Å²) in [5.74, 6) is 0.575. The van der Waals surface area contributed by atoms with Crippen molar-refractivity contribution in [2.45, 2.75) is 25.1 Å².